The fourth-order valence-corrected chi connectivity index (χ4v) is 9.93. The largest absolute Gasteiger partial charge is 0.472 e. The lowest BCUT2D eigenvalue weighted by molar-refractivity contribution is -0.870. The van der Waals surface area contributed by atoms with Crippen LogP contribution in [0.15, 0.2) is 109 Å². The molecule has 2 unspecified atom stereocenters. The molecule has 0 aliphatic heterocycles. The first kappa shape index (κ1) is 78.7. The van der Waals surface area contributed by atoms with Gasteiger partial charge in [-0.05, 0) is 83.5 Å². The van der Waals surface area contributed by atoms with E-state index in [-0.39, 0.29) is 32.0 Å². The summed E-state index contributed by atoms with van der Waals surface area (Å²) in [6, 6.07) is 0. The van der Waals surface area contributed by atoms with Gasteiger partial charge in [0.2, 0.25) is 0 Å². The van der Waals surface area contributed by atoms with Gasteiger partial charge in [-0.2, -0.15) is 0 Å². The predicted molar refractivity (Wildman–Crippen MR) is 353 cm³/mol. The summed E-state index contributed by atoms with van der Waals surface area (Å²) in [5.41, 5.74) is 0. The molecule has 10 heteroatoms. The van der Waals surface area contributed by atoms with E-state index in [0.717, 1.165) is 103 Å². The summed E-state index contributed by atoms with van der Waals surface area (Å²) in [6.07, 6.45) is 87.5. The van der Waals surface area contributed by atoms with Crippen molar-refractivity contribution in [3.05, 3.63) is 109 Å². The van der Waals surface area contributed by atoms with E-state index in [4.69, 9.17) is 18.5 Å². The molecule has 0 rings (SSSR count). The van der Waals surface area contributed by atoms with E-state index in [0.29, 0.717) is 17.4 Å². The molecule has 0 saturated carbocycles. The Labute approximate surface area is 506 Å². The van der Waals surface area contributed by atoms with Gasteiger partial charge in [0.15, 0.2) is 6.10 Å². The van der Waals surface area contributed by atoms with Crippen LogP contribution in [0, 0.1) is 0 Å². The number of phosphoric ester groups is 1. The molecule has 0 saturated heterocycles. The van der Waals surface area contributed by atoms with Crippen LogP contribution in [0.25, 0.3) is 0 Å². The number of ether oxygens (including phenoxy) is 2. The zero-order chi connectivity index (χ0) is 59.8. The van der Waals surface area contributed by atoms with Crippen LogP contribution in [0.5, 0.6) is 0 Å². The molecule has 472 valence electrons. The molecule has 0 radical (unpaired) electrons. The number of allylic oxidation sites excluding steroid dienone is 18. The molecule has 9 nitrogen and oxygen atoms in total. The van der Waals surface area contributed by atoms with Crippen molar-refractivity contribution in [2.45, 2.75) is 290 Å². The van der Waals surface area contributed by atoms with Crippen molar-refractivity contribution in [2.24, 2.45) is 0 Å². The highest BCUT2D eigenvalue weighted by Gasteiger charge is 2.27. The van der Waals surface area contributed by atoms with Gasteiger partial charge < -0.3 is 18.9 Å². The molecule has 0 aliphatic carbocycles. The van der Waals surface area contributed by atoms with Crippen LogP contribution in [0.1, 0.15) is 284 Å². The second-order valence-electron chi connectivity index (χ2n) is 23.5. The van der Waals surface area contributed by atoms with Crippen molar-refractivity contribution < 1.29 is 42.1 Å². The van der Waals surface area contributed by atoms with Gasteiger partial charge in [-0.1, -0.05) is 297 Å². The van der Waals surface area contributed by atoms with E-state index in [2.05, 4.69) is 123 Å². The summed E-state index contributed by atoms with van der Waals surface area (Å²) in [6.45, 7) is 4.34. The molecule has 0 aromatic heterocycles. The standard InChI is InChI=1S/C72H126NO8P/c1-6-8-10-12-14-16-18-20-22-24-26-28-29-30-31-32-33-34-35-36-37-38-39-40-41-42-43-45-47-49-51-53-55-57-59-61-63-65-72(75)81-70(69-80-82(76,77)79-67-66-73(3,4)5)68-78-71(74)64-62-60-58-56-54-52-50-48-46-44-27-25-23-21-19-17-15-13-11-9-7-2/h8,10,14,16,20,22,26,28,30-31,33-34,36-37,39-40,42-43,70H,6-7,9,11-13,15,17-19,21,23-25,27,29,32,35,38,41,44-69H2,1-5H3/p+1/b10-8-,16-14-,22-20-,28-26-,31-30-,34-33-,37-36-,40-39-,43-42-. The minimum atomic E-state index is -4.40. The topological polar surface area (TPSA) is 108 Å². The third-order valence-electron chi connectivity index (χ3n) is 14.3. The van der Waals surface area contributed by atoms with Gasteiger partial charge in [0.25, 0.3) is 0 Å². The van der Waals surface area contributed by atoms with Gasteiger partial charge in [-0.3, -0.25) is 18.6 Å². The molecule has 2 atom stereocenters. The fourth-order valence-electron chi connectivity index (χ4n) is 9.19. The van der Waals surface area contributed by atoms with Crippen LogP contribution in [0.2, 0.25) is 0 Å². The zero-order valence-electron chi connectivity index (χ0n) is 53.7. The Morgan fingerprint density at radius 1 is 0.390 bits per heavy atom. The first-order chi connectivity index (χ1) is 40.0. The minimum absolute atomic E-state index is 0.0274. The number of unbranched alkanes of at least 4 members (excludes halogenated alkanes) is 29. The fraction of sp³-hybridized carbons (Fsp3) is 0.722. The van der Waals surface area contributed by atoms with Crippen LogP contribution in [0.4, 0.5) is 0 Å². The second-order valence-corrected chi connectivity index (χ2v) is 24.9. The maximum absolute atomic E-state index is 12.9. The molecule has 0 aliphatic rings. The number of esters is 2. The first-order valence-electron chi connectivity index (χ1n) is 33.6. The Balaban J connectivity index is 4.11. The molecule has 0 spiro atoms. The Morgan fingerprint density at radius 3 is 1.04 bits per heavy atom. The predicted octanol–water partition coefficient (Wildman–Crippen LogP) is 21.7. The monoisotopic (exact) mass is 1160 g/mol. The van der Waals surface area contributed by atoms with Crippen molar-refractivity contribution in [1.82, 2.24) is 0 Å². The summed E-state index contributed by atoms with van der Waals surface area (Å²) in [5.74, 6) is -0.799. The Kier molecular flexibility index (Phi) is 59.7. The number of rotatable bonds is 61. The number of quaternary nitrogens is 1. The summed E-state index contributed by atoms with van der Waals surface area (Å²) in [4.78, 5) is 35.8. The molecule has 82 heavy (non-hydrogen) atoms. The van der Waals surface area contributed by atoms with Crippen LogP contribution < -0.4 is 0 Å². The molecule has 1 N–H and O–H groups in total. The van der Waals surface area contributed by atoms with E-state index in [1.54, 1.807) is 0 Å². The summed E-state index contributed by atoms with van der Waals surface area (Å²) < 4.78 is 34.7. The van der Waals surface area contributed by atoms with Gasteiger partial charge in [0.05, 0.1) is 27.7 Å². The second kappa shape index (κ2) is 62.2. The smallest absolute Gasteiger partial charge is 0.462 e. The van der Waals surface area contributed by atoms with Crippen LogP contribution >= 0.6 is 7.82 Å². The van der Waals surface area contributed by atoms with Crippen molar-refractivity contribution in [3.8, 4) is 0 Å². The molecule has 0 aromatic carbocycles. The van der Waals surface area contributed by atoms with Crippen molar-refractivity contribution in [3.63, 3.8) is 0 Å². The molecule has 0 bridgehead atoms. The number of hydrogen-bond donors (Lipinski definition) is 1. The van der Waals surface area contributed by atoms with Crippen molar-refractivity contribution in [1.29, 1.82) is 0 Å². The molecular formula is C72H127NO8P+. The highest BCUT2D eigenvalue weighted by Crippen LogP contribution is 2.43. The van der Waals surface area contributed by atoms with Gasteiger partial charge in [0, 0.05) is 12.8 Å². The highest BCUT2D eigenvalue weighted by molar-refractivity contribution is 7.47. The van der Waals surface area contributed by atoms with Gasteiger partial charge in [-0.15, -0.1) is 0 Å². The van der Waals surface area contributed by atoms with E-state index < -0.39 is 26.5 Å². The van der Waals surface area contributed by atoms with E-state index in [1.807, 2.05) is 21.1 Å². The van der Waals surface area contributed by atoms with Gasteiger partial charge in [0.1, 0.15) is 19.8 Å². The van der Waals surface area contributed by atoms with Crippen LogP contribution in [0.3, 0.4) is 0 Å². The first-order valence-corrected chi connectivity index (χ1v) is 35.1. The zero-order valence-corrected chi connectivity index (χ0v) is 54.6. The van der Waals surface area contributed by atoms with Crippen molar-refractivity contribution >= 4 is 19.8 Å². The normalized spacial score (nSPS) is 13.9. The van der Waals surface area contributed by atoms with E-state index in [9.17, 15) is 19.0 Å². The number of hydrogen-bond acceptors (Lipinski definition) is 7. The minimum Gasteiger partial charge on any atom is -0.462 e. The summed E-state index contributed by atoms with van der Waals surface area (Å²) in [5, 5.41) is 0. The maximum atomic E-state index is 12.9. The maximum Gasteiger partial charge on any atom is 0.472 e. The third-order valence-corrected chi connectivity index (χ3v) is 15.3. The lowest BCUT2D eigenvalue weighted by Gasteiger charge is -2.24. The van der Waals surface area contributed by atoms with Crippen LogP contribution in [-0.4, -0.2) is 74.9 Å². The number of phosphoric acid groups is 1. The SMILES string of the molecule is CC/C=C\C/C=C\C/C=C\C/C=C\C/C=C\C/C=C\C/C=C\C/C=C\C/C=C\CCCCCCCCCCCC(=O)OC(COC(=O)CCCCCCCCCCCCCCCCCCCCCCC)COP(=O)(O)OCC[N+](C)(C)C. The number of carbonyl (C=O) groups is 2. The quantitative estimate of drug-likeness (QED) is 0.0211. The Hall–Kier alpha value is -3.33. The lowest BCUT2D eigenvalue weighted by atomic mass is 10.0. The highest BCUT2D eigenvalue weighted by atomic mass is 31.2. The third kappa shape index (κ3) is 65.8. The molecule has 0 fully saturated rings. The van der Waals surface area contributed by atoms with E-state index >= 15 is 0 Å². The summed E-state index contributed by atoms with van der Waals surface area (Å²) in [7, 11) is 1.47. The number of nitrogens with zero attached hydrogens (tertiary/aromatic N) is 1. The van der Waals surface area contributed by atoms with Gasteiger partial charge in [-0.25, -0.2) is 4.57 Å². The van der Waals surface area contributed by atoms with E-state index in [1.165, 1.54) is 148 Å². The van der Waals surface area contributed by atoms with Crippen LogP contribution in [-0.2, 0) is 32.7 Å². The molecule has 0 aromatic rings. The Bertz CT molecular complexity index is 1750. The van der Waals surface area contributed by atoms with Gasteiger partial charge >= 0.3 is 19.8 Å². The van der Waals surface area contributed by atoms with Crippen molar-refractivity contribution in [2.75, 3.05) is 47.5 Å². The summed E-state index contributed by atoms with van der Waals surface area (Å²) >= 11 is 0. The molecule has 0 heterocycles. The Morgan fingerprint density at radius 2 is 0.695 bits per heavy atom. The average Bonchev–Trinajstić information content (AvgIpc) is 3.46. The molecule has 0 amide bonds. The average molecular weight is 1170 g/mol. The number of likely N-dealkylation sites (N-methyl/N-ethyl adjacent to an activating group) is 1. The lowest BCUT2D eigenvalue weighted by Crippen LogP contribution is -2.37. The number of carbonyl (C=O) groups excluding carboxylic acids is 2. The molecular weight excluding hydrogens is 1040 g/mol.